The van der Waals surface area contributed by atoms with Crippen LogP contribution in [0.2, 0.25) is 0 Å². The quantitative estimate of drug-likeness (QED) is 0.622. The highest BCUT2D eigenvalue weighted by Crippen LogP contribution is 2.38. The van der Waals surface area contributed by atoms with E-state index in [0.29, 0.717) is 29.4 Å². The van der Waals surface area contributed by atoms with Gasteiger partial charge in [-0.05, 0) is 36.9 Å². The number of nitrogens with one attached hydrogen (secondary N) is 1. The van der Waals surface area contributed by atoms with Gasteiger partial charge in [0.2, 0.25) is 5.75 Å². The second-order valence-corrected chi connectivity index (χ2v) is 8.47. The zero-order valence-electron chi connectivity index (χ0n) is 20.6. The summed E-state index contributed by atoms with van der Waals surface area (Å²) < 4.78 is 16.2. The molecule has 0 aromatic heterocycles. The predicted molar refractivity (Wildman–Crippen MR) is 131 cm³/mol. The van der Waals surface area contributed by atoms with E-state index in [1.807, 2.05) is 14.1 Å². The van der Waals surface area contributed by atoms with Crippen molar-refractivity contribution in [1.29, 1.82) is 0 Å². The summed E-state index contributed by atoms with van der Waals surface area (Å²) in [6.07, 6.45) is 0. The Morgan fingerprint density at radius 3 is 2.03 bits per heavy atom. The molecule has 1 heterocycles. The van der Waals surface area contributed by atoms with E-state index >= 15 is 0 Å². The maximum Gasteiger partial charge on any atom is 0.251 e. The summed E-state index contributed by atoms with van der Waals surface area (Å²) in [5.74, 6) is 1.19. The van der Waals surface area contributed by atoms with Crippen molar-refractivity contribution in [3.05, 3.63) is 47.5 Å². The second kappa shape index (κ2) is 11.2. The van der Waals surface area contributed by atoms with Crippen molar-refractivity contribution in [2.24, 2.45) is 0 Å². The Morgan fingerprint density at radius 2 is 1.55 bits per heavy atom. The molecule has 33 heavy (non-hydrogen) atoms. The summed E-state index contributed by atoms with van der Waals surface area (Å²) in [4.78, 5) is 20.0. The number of amides is 1. The van der Waals surface area contributed by atoms with E-state index in [0.717, 1.165) is 31.9 Å². The Bertz CT molecular complexity index is 899. The molecule has 8 heteroatoms. The highest BCUT2D eigenvalue weighted by Gasteiger charge is 2.25. The van der Waals surface area contributed by atoms with Gasteiger partial charge in [-0.2, -0.15) is 0 Å². The number of benzene rings is 2. The summed E-state index contributed by atoms with van der Waals surface area (Å²) in [6, 6.07) is 12.0. The van der Waals surface area contributed by atoms with Crippen molar-refractivity contribution in [2.75, 3.05) is 80.1 Å². The summed E-state index contributed by atoms with van der Waals surface area (Å²) >= 11 is 0. The van der Waals surface area contributed by atoms with Gasteiger partial charge in [0, 0.05) is 58.1 Å². The summed E-state index contributed by atoms with van der Waals surface area (Å²) in [5.41, 5.74) is 2.80. The minimum absolute atomic E-state index is 0.0842. The third kappa shape index (κ3) is 5.89. The first-order valence-electron chi connectivity index (χ1n) is 11.2. The van der Waals surface area contributed by atoms with E-state index in [1.165, 1.54) is 5.56 Å². The molecule has 3 rings (SSSR count). The molecular weight excluding hydrogens is 420 g/mol. The first-order valence-corrected chi connectivity index (χ1v) is 11.2. The van der Waals surface area contributed by atoms with Gasteiger partial charge in [-0.25, -0.2) is 0 Å². The number of carbonyl (C=O) groups excluding carboxylic acids is 1. The maximum absolute atomic E-state index is 13.1. The fraction of sp³-hybridized carbons (Fsp3) is 0.480. The number of hydrogen-bond acceptors (Lipinski definition) is 7. The molecule has 1 saturated heterocycles. The smallest absolute Gasteiger partial charge is 0.251 e. The molecule has 8 nitrogen and oxygen atoms in total. The molecule has 180 valence electrons. The Labute approximate surface area is 197 Å². The van der Waals surface area contributed by atoms with Gasteiger partial charge in [0.15, 0.2) is 11.5 Å². The lowest BCUT2D eigenvalue weighted by atomic mass is 10.0. The van der Waals surface area contributed by atoms with Crippen LogP contribution in [0.1, 0.15) is 22.0 Å². The van der Waals surface area contributed by atoms with Gasteiger partial charge in [0.05, 0.1) is 27.4 Å². The molecule has 1 aliphatic heterocycles. The van der Waals surface area contributed by atoms with Gasteiger partial charge < -0.3 is 29.3 Å². The van der Waals surface area contributed by atoms with Gasteiger partial charge in [-0.1, -0.05) is 12.1 Å². The van der Waals surface area contributed by atoms with Gasteiger partial charge in [0.25, 0.3) is 5.91 Å². The maximum atomic E-state index is 13.1. The Hall–Kier alpha value is -2.97. The largest absolute Gasteiger partial charge is 0.493 e. The Balaban J connectivity index is 1.81. The topological polar surface area (TPSA) is 66.5 Å². The highest BCUT2D eigenvalue weighted by molar-refractivity contribution is 5.95. The minimum Gasteiger partial charge on any atom is -0.493 e. The van der Waals surface area contributed by atoms with Crippen LogP contribution in [0.5, 0.6) is 17.2 Å². The van der Waals surface area contributed by atoms with E-state index in [2.05, 4.69) is 51.3 Å². The molecule has 1 unspecified atom stereocenters. The van der Waals surface area contributed by atoms with Gasteiger partial charge >= 0.3 is 0 Å². The number of anilines is 1. The lowest BCUT2D eigenvalue weighted by molar-refractivity contribution is 0.0885. The van der Waals surface area contributed by atoms with Gasteiger partial charge in [-0.15, -0.1) is 0 Å². The van der Waals surface area contributed by atoms with Crippen LogP contribution in [0.25, 0.3) is 0 Å². The van der Waals surface area contributed by atoms with Crippen LogP contribution in [-0.2, 0) is 0 Å². The lowest BCUT2D eigenvalue weighted by Gasteiger charge is -2.38. The molecule has 2 aromatic carbocycles. The van der Waals surface area contributed by atoms with Crippen LogP contribution >= 0.6 is 0 Å². The average Bonchev–Trinajstić information content (AvgIpc) is 2.84. The van der Waals surface area contributed by atoms with Crippen molar-refractivity contribution < 1.29 is 19.0 Å². The number of rotatable bonds is 9. The first-order chi connectivity index (χ1) is 15.9. The molecule has 0 radical (unpaired) electrons. The van der Waals surface area contributed by atoms with Crippen molar-refractivity contribution in [3.63, 3.8) is 0 Å². The highest BCUT2D eigenvalue weighted by atomic mass is 16.5. The fourth-order valence-electron chi connectivity index (χ4n) is 4.09. The zero-order chi connectivity index (χ0) is 24.0. The number of piperazine rings is 1. The number of likely N-dealkylation sites (N-methyl/N-ethyl adjacent to an activating group) is 1. The van der Waals surface area contributed by atoms with Crippen molar-refractivity contribution in [3.8, 4) is 17.2 Å². The van der Waals surface area contributed by atoms with Crippen LogP contribution in [0.3, 0.4) is 0 Å². The lowest BCUT2D eigenvalue weighted by Crippen LogP contribution is -2.48. The minimum atomic E-state index is -0.182. The third-order valence-corrected chi connectivity index (χ3v) is 6.16. The molecule has 0 aliphatic carbocycles. The van der Waals surface area contributed by atoms with Crippen molar-refractivity contribution in [2.45, 2.75) is 6.04 Å². The predicted octanol–water partition coefficient (Wildman–Crippen LogP) is 2.50. The Morgan fingerprint density at radius 1 is 0.970 bits per heavy atom. The molecule has 0 bridgehead atoms. The molecule has 1 aliphatic rings. The molecule has 1 N–H and O–H groups in total. The van der Waals surface area contributed by atoms with E-state index in [9.17, 15) is 4.79 Å². The van der Waals surface area contributed by atoms with Crippen LogP contribution in [-0.4, -0.2) is 90.9 Å². The third-order valence-electron chi connectivity index (χ3n) is 6.16. The summed E-state index contributed by atoms with van der Waals surface area (Å²) in [7, 11) is 10.8. The zero-order valence-corrected chi connectivity index (χ0v) is 20.6. The normalized spacial score (nSPS) is 15.6. The van der Waals surface area contributed by atoms with E-state index < -0.39 is 0 Å². The van der Waals surface area contributed by atoms with Crippen LogP contribution in [0.15, 0.2) is 36.4 Å². The molecule has 0 saturated carbocycles. The van der Waals surface area contributed by atoms with E-state index in [1.54, 1.807) is 33.5 Å². The van der Waals surface area contributed by atoms with Gasteiger partial charge in [0.1, 0.15) is 0 Å². The number of methoxy groups -OCH3 is 3. The molecule has 1 fully saturated rings. The molecule has 0 spiro atoms. The van der Waals surface area contributed by atoms with Crippen molar-refractivity contribution >= 4 is 11.6 Å². The molecular formula is C25H36N4O4. The summed E-state index contributed by atoms with van der Waals surface area (Å²) in [6.45, 7) is 4.42. The van der Waals surface area contributed by atoms with Crippen LogP contribution < -0.4 is 24.4 Å². The Kier molecular flexibility index (Phi) is 8.41. The van der Waals surface area contributed by atoms with E-state index in [-0.39, 0.29) is 11.9 Å². The van der Waals surface area contributed by atoms with Crippen molar-refractivity contribution in [1.82, 2.24) is 15.1 Å². The van der Waals surface area contributed by atoms with Gasteiger partial charge in [-0.3, -0.25) is 9.69 Å². The van der Waals surface area contributed by atoms with Crippen LogP contribution in [0.4, 0.5) is 5.69 Å². The molecule has 1 amide bonds. The number of carbonyl (C=O) groups is 1. The van der Waals surface area contributed by atoms with E-state index in [4.69, 9.17) is 14.2 Å². The first kappa shape index (κ1) is 24.7. The van der Waals surface area contributed by atoms with Crippen LogP contribution in [0, 0.1) is 0 Å². The number of hydrogen-bond donors (Lipinski definition) is 1. The monoisotopic (exact) mass is 456 g/mol. The average molecular weight is 457 g/mol. The molecule has 1 atom stereocenters. The second-order valence-electron chi connectivity index (χ2n) is 8.47. The summed E-state index contributed by atoms with van der Waals surface area (Å²) in [5, 5.41) is 3.13. The number of nitrogens with zero attached hydrogens (tertiary/aromatic N) is 3. The standard InChI is InChI=1S/C25H36N4O4/c1-27(2)20-9-7-18(8-10-20)21(29-13-11-28(3)12-14-29)17-26-25(30)19-15-22(31-4)24(33-6)23(16-19)32-5/h7-10,15-16,21H,11-14,17H2,1-6H3,(H,26,30). The molecule has 2 aromatic rings. The number of ether oxygens (including phenoxy) is 3. The fourth-order valence-corrected chi connectivity index (χ4v) is 4.09. The SMILES string of the molecule is COc1cc(C(=O)NCC(c2ccc(N(C)C)cc2)N2CCN(C)CC2)cc(OC)c1OC.